The number of rotatable bonds is 4. The van der Waals surface area contributed by atoms with Crippen LogP contribution in [0.4, 0.5) is 0 Å². The van der Waals surface area contributed by atoms with Crippen LogP contribution in [0.1, 0.15) is 21.7 Å². The Balaban J connectivity index is 1.91. The molecule has 3 nitrogen and oxygen atoms in total. The summed E-state index contributed by atoms with van der Waals surface area (Å²) in [6.45, 7) is 2.60. The van der Waals surface area contributed by atoms with E-state index in [0.29, 0.717) is 6.54 Å². The van der Waals surface area contributed by atoms with Crippen molar-refractivity contribution in [3.05, 3.63) is 21.9 Å². The van der Waals surface area contributed by atoms with Crippen LogP contribution >= 0.6 is 23.1 Å². The lowest BCUT2D eigenvalue weighted by Crippen LogP contribution is -2.44. The highest BCUT2D eigenvalue weighted by Crippen LogP contribution is 2.30. The molecule has 0 aliphatic carbocycles. The smallest absolute Gasteiger partial charge is 0.261 e. The summed E-state index contributed by atoms with van der Waals surface area (Å²) in [5, 5.41) is 4.97. The van der Waals surface area contributed by atoms with Gasteiger partial charge in [0.25, 0.3) is 5.91 Å². The van der Waals surface area contributed by atoms with Gasteiger partial charge >= 0.3 is 0 Å². The van der Waals surface area contributed by atoms with E-state index in [0.717, 1.165) is 28.4 Å². The minimum atomic E-state index is -0.160. The second-order valence-electron chi connectivity index (χ2n) is 4.36. The van der Waals surface area contributed by atoms with E-state index in [-0.39, 0.29) is 11.5 Å². The van der Waals surface area contributed by atoms with Gasteiger partial charge in [0.05, 0.1) is 10.5 Å². The summed E-state index contributed by atoms with van der Waals surface area (Å²) in [6, 6.07) is 1.92. The van der Waals surface area contributed by atoms with Crippen LogP contribution < -0.4 is 5.32 Å². The lowest BCUT2D eigenvalue weighted by molar-refractivity contribution is 0.0137. The van der Waals surface area contributed by atoms with Crippen LogP contribution in [0.15, 0.2) is 11.4 Å². The van der Waals surface area contributed by atoms with Crippen LogP contribution in [-0.2, 0) is 4.74 Å². The highest BCUT2D eigenvalue weighted by Gasteiger charge is 2.34. The summed E-state index contributed by atoms with van der Waals surface area (Å²) in [5.74, 6) is 2.09. The number of amides is 1. The molecule has 1 aliphatic rings. The molecule has 1 amide bonds. The average Bonchev–Trinajstić information content (AvgIpc) is 2.95. The van der Waals surface area contributed by atoms with E-state index in [2.05, 4.69) is 5.32 Å². The van der Waals surface area contributed by atoms with Gasteiger partial charge < -0.3 is 10.1 Å². The molecule has 1 fully saturated rings. The number of thiophene rings is 1. The molecule has 1 atom stereocenters. The van der Waals surface area contributed by atoms with Gasteiger partial charge in [0.15, 0.2) is 0 Å². The summed E-state index contributed by atoms with van der Waals surface area (Å²) < 4.78 is 5.56. The van der Waals surface area contributed by atoms with Crippen molar-refractivity contribution < 1.29 is 9.53 Å². The fraction of sp³-hybridized carbons (Fsp3) is 0.583. The zero-order chi connectivity index (χ0) is 12.3. The van der Waals surface area contributed by atoms with Crippen molar-refractivity contribution in [2.24, 2.45) is 0 Å². The number of hydrogen-bond donors (Lipinski definition) is 1. The molecule has 0 spiro atoms. The van der Waals surface area contributed by atoms with Crippen LogP contribution in [0.2, 0.25) is 0 Å². The molecule has 0 unspecified atom stereocenters. The number of carbonyl (C=O) groups is 1. The van der Waals surface area contributed by atoms with E-state index in [4.69, 9.17) is 4.74 Å². The van der Waals surface area contributed by atoms with Crippen LogP contribution in [0, 0.1) is 6.92 Å². The Morgan fingerprint density at radius 1 is 1.65 bits per heavy atom. The van der Waals surface area contributed by atoms with Gasteiger partial charge in [-0.25, -0.2) is 0 Å². The summed E-state index contributed by atoms with van der Waals surface area (Å²) in [7, 11) is 1.73. The molecule has 1 N–H and O–H groups in total. The van der Waals surface area contributed by atoms with Gasteiger partial charge in [-0.05, 0) is 36.1 Å². The molecule has 0 saturated carbocycles. The lowest BCUT2D eigenvalue weighted by Gasteiger charge is -2.26. The van der Waals surface area contributed by atoms with Gasteiger partial charge in [-0.2, -0.15) is 11.8 Å². The number of carbonyl (C=O) groups excluding carboxylic acids is 1. The third kappa shape index (κ3) is 3.03. The van der Waals surface area contributed by atoms with E-state index in [9.17, 15) is 4.79 Å². The molecular formula is C12H17NO2S2. The van der Waals surface area contributed by atoms with Crippen molar-refractivity contribution >= 4 is 29.0 Å². The molecule has 5 heteroatoms. The lowest BCUT2D eigenvalue weighted by atomic mass is 10.0. The first-order valence-corrected chi connectivity index (χ1v) is 7.65. The monoisotopic (exact) mass is 271 g/mol. The van der Waals surface area contributed by atoms with Gasteiger partial charge in [-0.3, -0.25) is 4.79 Å². The van der Waals surface area contributed by atoms with Gasteiger partial charge in [-0.1, -0.05) is 0 Å². The fourth-order valence-electron chi connectivity index (χ4n) is 1.84. The molecular weight excluding hydrogens is 254 g/mol. The Hall–Kier alpha value is -0.520. The summed E-state index contributed by atoms with van der Waals surface area (Å²) >= 11 is 3.37. The van der Waals surface area contributed by atoms with Crippen molar-refractivity contribution in [2.45, 2.75) is 18.9 Å². The predicted octanol–water partition coefficient (Wildman–Crippen LogP) is 2.31. The highest BCUT2D eigenvalue weighted by atomic mass is 32.2. The number of nitrogens with one attached hydrogen (secondary N) is 1. The molecule has 0 aromatic carbocycles. The maximum atomic E-state index is 11.9. The number of hydrogen-bond acceptors (Lipinski definition) is 4. The van der Waals surface area contributed by atoms with Gasteiger partial charge in [0.1, 0.15) is 0 Å². The Bertz CT molecular complexity index is 397. The maximum Gasteiger partial charge on any atom is 0.261 e. The largest absolute Gasteiger partial charge is 0.376 e. The third-order valence-electron chi connectivity index (χ3n) is 3.03. The Morgan fingerprint density at radius 2 is 2.47 bits per heavy atom. The van der Waals surface area contributed by atoms with Crippen molar-refractivity contribution in [1.29, 1.82) is 0 Å². The van der Waals surface area contributed by atoms with E-state index in [1.54, 1.807) is 7.11 Å². The summed E-state index contributed by atoms with van der Waals surface area (Å²) in [6.07, 6.45) is 1.01. The minimum absolute atomic E-state index is 0.0106. The Labute approximate surface area is 110 Å². The standard InChI is InChI=1S/C12H17NO2S2/c1-9-5-10(17-6-9)11(14)13-7-12(15-2)3-4-16-8-12/h5-6H,3-4,7-8H2,1-2H3,(H,13,14)/t12-/m0/s1. The molecule has 2 heterocycles. The van der Waals surface area contributed by atoms with E-state index in [1.807, 2.05) is 30.1 Å². The van der Waals surface area contributed by atoms with Crippen molar-refractivity contribution in [2.75, 3.05) is 25.2 Å². The second kappa shape index (κ2) is 5.42. The average molecular weight is 271 g/mol. The summed E-state index contributed by atoms with van der Waals surface area (Å²) in [5.41, 5.74) is 0.977. The van der Waals surface area contributed by atoms with Gasteiger partial charge in [0, 0.05) is 19.4 Å². The quantitative estimate of drug-likeness (QED) is 0.913. The van der Waals surface area contributed by atoms with Crippen LogP contribution in [0.5, 0.6) is 0 Å². The van der Waals surface area contributed by atoms with E-state index < -0.39 is 0 Å². The molecule has 0 bridgehead atoms. The predicted molar refractivity (Wildman–Crippen MR) is 73.1 cm³/mol. The molecule has 1 aliphatic heterocycles. The number of aryl methyl sites for hydroxylation is 1. The van der Waals surface area contributed by atoms with E-state index in [1.165, 1.54) is 11.3 Å². The third-order valence-corrected chi connectivity index (χ3v) is 5.30. The minimum Gasteiger partial charge on any atom is -0.376 e. The van der Waals surface area contributed by atoms with Crippen LogP contribution in [0.3, 0.4) is 0 Å². The summed E-state index contributed by atoms with van der Waals surface area (Å²) in [4.78, 5) is 12.7. The zero-order valence-electron chi connectivity index (χ0n) is 10.1. The second-order valence-corrected chi connectivity index (χ2v) is 6.38. The molecule has 17 heavy (non-hydrogen) atoms. The van der Waals surface area contributed by atoms with Crippen molar-refractivity contribution in [3.63, 3.8) is 0 Å². The van der Waals surface area contributed by atoms with E-state index >= 15 is 0 Å². The van der Waals surface area contributed by atoms with Gasteiger partial charge in [0.2, 0.25) is 0 Å². The first-order chi connectivity index (χ1) is 8.15. The number of methoxy groups -OCH3 is 1. The number of ether oxygens (including phenoxy) is 1. The van der Waals surface area contributed by atoms with Crippen molar-refractivity contribution in [3.8, 4) is 0 Å². The first kappa shape index (κ1) is 12.9. The maximum absolute atomic E-state index is 11.9. The topological polar surface area (TPSA) is 38.3 Å². The molecule has 94 valence electrons. The van der Waals surface area contributed by atoms with Crippen LogP contribution in [-0.4, -0.2) is 36.7 Å². The molecule has 1 aromatic heterocycles. The Morgan fingerprint density at radius 3 is 3.00 bits per heavy atom. The van der Waals surface area contributed by atoms with Gasteiger partial charge in [-0.15, -0.1) is 11.3 Å². The zero-order valence-corrected chi connectivity index (χ0v) is 11.7. The van der Waals surface area contributed by atoms with Crippen molar-refractivity contribution in [1.82, 2.24) is 5.32 Å². The number of thioether (sulfide) groups is 1. The molecule has 1 aromatic rings. The fourth-order valence-corrected chi connectivity index (χ4v) is 4.05. The SMILES string of the molecule is CO[C@]1(CNC(=O)c2cc(C)cs2)CCSC1. The molecule has 0 radical (unpaired) electrons. The highest BCUT2D eigenvalue weighted by molar-refractivity contribution is 7.99. The molecule has 1 saturated heterocycles. The first-order valence-electron chi connectivity index (χ1n) is 5.61. The normalized spacial score (nSPS) is 23.9. The molecule has 2 rings (SSSR count). The Kier molecular flexibility index (Phi) is 4.12. The van der Waals surface area contributed by atoms with Crippen LogP contribution in [0.25, 0.3) is 0 Å².